The molecular formula is C30H35N2+. The molecule has 0 unspecified atom stereocenters. The van der Waals surface area contributed by atoms with Gasteiger partial charge in [-0.25, -0.2) is 0 Å². The van der Waals surface area contributed by atoms with Crippen molar-refractivity contribution in [1.29, 1.82) is 0 Å². The Balaban J connectivity index is 2.10. The van der Waals surface area contributed by atoms with E-state index in [1.165, 1.54) is 49.8 Å². The fourth-order valence-corrected chi connectivity index (χ4v) is 4.43. The minimum Gasteiger partial charge on any atom is -0.256 e. The maximum Gasteiger partial charge on any atom is 0.222 e. The molecule has 2 aromatic heterocycles. The average Bonchev–Trinajstić information content (AvgIpc) is 2.74. The highest BCUT2D eigenvalue weighted by atomic mass is 14.9. The zero-order valence-electron chi connectivity index (χ0n) is 20.7. The molecule has 2 aromatic carbocycles. The Bertz CT molecular complexity index is 1290. The van der Waals surface area contributed by atoms with Crippen LogP contribution in [0.4, 0.5) is 0 Å². The van der Waals surface area contributed by atoms with Gasteiger partial charge in [-0.2, -0.15) is 4.57 Å². The minimum absolute atomic E-state index is 0.0833. The Hall–Kier alpha value is -3.00. The van der Waals surface area contributed by atoms with Crippen molar-refractivity contribution in [2.45, 2.75) is 59.8 Å². The summed E-state index contributed by atoms with van der Waals surface area (Å²) in [7, 11) is 2.16. The van der Waals surface area contributed by atoms with Gasteiger partial charge in [-0.3, -0.25) is 4.98 Å². The molecule has 0 saturated carbocycles. The van der Waals surface area contributed by atoms with Crippen molar-refractivity contribution in [2.75, 3.05) is 0 Å². The van der Waals surface area contributed by atoms with Gasteiger partial charge in [0.15, 0.2) is 6.20 Å². The summed E-state index contributed by atoms with van der Waals surface area (Å²) in [4.78, 5) is 4.96. The van der Waals surface area contributed by atoms with E-state index in [9.17, 15) is 0 Å². The first kappa shape index (κ1) is 22.2. The molecule has 0 bridgehead atoms. The van der Waals surface area contributed by atoms with Crippen molar-refractivity contribution in [1.82, 2.24) is 4.98 Å². The summed E-state index contributed by atoms with van der Waals surface area (Å²) < 4.78 is 2.28. The van der Waals surface area contributed by atoms with Crippen molar-refractivity contribution in [3.8, 4) is 22.5 Å². The van der Waals surface area contributed by atoms with Crippen LogP contribution >= 0.6 is 0 Å². The number of rotatable bonds is 3. The van der Waals surface area contributed by atoms with E-state index in [-0.39, 0.29) is 5.41 Å². The van der Waals surface area contributed by atoms with Crippen LogP contribution in [0.2, 0.25) is 0 Å². The van der Waals surface area contributed by atoms with Crippen molar-refractivity contribution < 1.29 is 4.57 Å². The normalized spacial score (nSPS) is 12.0. The molecule has 32 heavy (non-hydrogen) atoms. The molecule has 2 nitrogen and oxygen atoms in total. The van der Waals surface area contributed by atoms with Crippen LogP contribution in [0.25, 0.3) is 33.3 Å². The van der Waals surface area contributed by atoms with Gasteiger partial charge in [-0.15, -0.1) is 0 Å². The van der Waals surface area contributed by atoms with Gasteiger partial charge in [-0.05, 0) is 65.6 Å². The lowest BCUT2D eigenvalue weighted by Gasteiger charge is -2.22. The highest BCUT2D eigenvalue weighted by molar-refractivity contribution is 6.00. The van der Waals surface area contributed by atoms with E-state index in [1.54, 1.807) is 0 Å². The Labute approximate surface area is 193 Å². The molecule has 164 valence electrons. The number of hydrogen-bond acceptors (Lipinski definition) is 1. The second-order valence-electron chi connectivity index (χ2n) is 10.4. The molecule has 4 rings (SSSR count). The fraction of sp³-hybridized carbons (Fsp3) is 0.333. The molecule has 0 aliphatic heterocycles. The van der Waals surface area contributed by atoms with Crippen molar-refractivity contribution in [2.24, 2.45) is 7.05 Å². The molecule has 0 atom stereocenters. The maximum atomic E-state index is 4.96. The third-order valence-corrected chi connectivity index (χ3v) is 6.65. The van der Waals surface area contributed by atoms with Crippen LogP contribution in [-0.2, 0) is 12.5 Å². The van der Waals surface area contributed by atoms with E-state index in [2.05, 4.69) is 115 Å². The maximum absolute atomic E-state index is 4.96. The average molecular weight is 424 g/mol. The van der Waals surface area contributed by atoms with Crippen LogP contribution in [0.15, 0.2) is 60.9 Å². The first-order valence-electron chi connectivity index (χ1n) is 11.6. The van der Waals surface area contributed by atoms with Gasteiger partial charge >= 0.3 is 0 Å². The third kappa shape index (κ3) is 3.95. The molecule has 0 radical (unpaired) electrons. The highest BCUT2D eigenvalue weighted by Gasteiger charge is 2.26. The van der Waals surface area contributed by atoms with Crippen molar-refractivity contribution >= 4 is 10.8 Å². The van der Waals surface area contributed by atoms with Gasteiger partial charge in [0, 0.05) is 17.0 Å². The number of benzene rings is 2. The van der Waals surface area contributed by atoms with Crippen LogP contribution < -0.4 is 4.57 Å². The number of aromatic nitrogens is 2. The van der Waals surface area contributed by atoms with Gasteiger partial charge in [-0.1, -0.05) is 65.0 Å². The fourth-order valence-electron chi connectivity index (χ4n) is 4.43. The Kier molecular flexibility index (Phi) is 5.67. The summed E-state index contributed by atoms with van der Waals surface area (Å²) in [6.07, 6.45) is 4.28. The summed E-state index contributed by atoms with van der Waals surface area (Å²) in [6.45, 7) is 15.8. The summed E-state index contributed by atoms with van der Waals surface area (Å²) in [6, 6.07) is 17.8. The summed E-state index contributed by atoms with van der Waals surface area (Å²) in [5.74, 6) is 0.466. The van der Waals surface area contributed by atoms with E-state index in [0.717, 1.165) is 5.69 Å². The Morgan fingerprint density at radius 2 is 1.66 bits per heavy atom. The molecule has 0 fully saturated rings. The topological polar surface area (TPSA) is 16.8 Å². The molecular weight excluding hydrogens is 388 g/mol. The second kappa shape index (κ2) is 8.16. The standard InChI is InChI=1S/C30H35N2/c1-19(2)22-13-14-27(31-17-22)28-25-12-10-9-11-23(25)18-32(8)29(28)26-16-24(30(5,6)7)15-20(3)21(26)4/h9-19H,1-8H3/q+1. The van der Waals surface area contributed by atoms with Crippen molar-refractivity contribution in [3.05, 3.63) is 83.2 Å². The van der Waals surface area contributed by atoms with E-state index < -0.39 is 0 Å². The van der Waals surface area contributed by atoms with Gasteiger partial charge in [0.2, 0.25) is 5.69 Å². The van der Waals surface area contributed by atoms with Crippen LogP contribution in [-0.4, -0.2) is 4.98 Å². The predicted octanol–water partition coefficient (Wildman–Crippen LogP) is 7.43. The van der Waals surface area contributed by atoms with E-state index in [0.29, 0.717) is 5.92 Å². The molecule has 0 saturated heterocycles. The largest absolute Gasteiger partial charge is 0.256 e. The number of aryl methyl sites for hydroxylation is 2. The Morgan fingerprint density at radius 3 is 2.28 bits per heavy atom. The SMILES string of the molecule is Cc1cc(C(C)(C)C)cc(-c2c(-c3ccc(C(C)C)cn3)c3ccccc3c[n+]2C)c1C. The van der Waals surface area contributed by atoms with E-state index in [1.807, 2.05) is 6.20 Å². The number of pyridine rings is 2. The molecule has 0 amide bonds. The van der Waals surface area contributed by atoms with Gasteiger partial charge < -0.3 is 0 Å². The van der Waals surface area contributed by atoms with E-state index >= 15 is 0 Å². The molecule has 2 heteroatoms. The molecule has 0 aliphatic carbocycles. The molecule has 0 spiro atoms. The van der Waals surface area contributed by atoms with Crippen molar-refractivity contribution in [3.63, 3.8) is 0 Å². The summed E-state index contributed by atoms with van der Waals surface area (Å²) >= 11 is 0. The highest BCUT2D eigenvalue weighted by Crippen LogP contribution is 2.38. The van der Waals surface area contributed by atoms with Gasteiger partial charge in [0.05, 0.1) is 16.8 Å². The zero-order chi connectivity index (χ0) is 23.2. The number of hydrogen-bond donors (Lipinski definition) is 0. The summed E-state index contributed by atoms with van der Waals surface area (Å²) in [5.41, 5.74) is 10.1. The lowest BCUT2D eigenvalue weighted by atomic mass is 9.82. The van der Waals surface area contributed by atoms with Gasteiger partial charge in [0.25, 0.3) is 0 Å². The quantitative estimate of drug-likeness (QED) is 0.313. The molecule has 2 heterocycles. The lowest BCUT2D eigenvalue weighted by molar-refractivity contribution is -0.658. The molecule has 0 aliphatic rings. The van der Waals surface area contributed by atoms with Crippen LogP contribution in [0, 0.1) is 13.8 Å². The zero-order valence-corrected chi connectivity index (χ0v) is 20.7. The Morgan fingerprint density at radius 1 is 0.938 bits per heavy atom. The molecule has 0 N–H and O–H groups in total. The smallest absolute Gasteiger partial charge is 0.222 e. The lowest BCUT2D eigenvalue weighted by Crippen LogP contribution is -2.32. The first-order chi connectivity index (χ1) is 15.1. The van der Waals surface area contributed by atoms with E-state index in [4.69, 9.17) is 4.98 Å². The first-order valence-corrected chi connectivity index (χ1v) is 11.6. The summed E-state index contributed by atoms with van der Waals surface area (Å²) in [5, 5.41) is 2.47. The minimum atomic E-state index is 0.0833. The van der Waals surface area contributed by atoms with Crippen LogP contribution in [0.3, 0.4) is 0 Å². The molecule has 4 aromatic rings. The number of nitrogens with zero attached hydrogens (tertiary/aromatic N) is 2. The monoisotopic (exact) mass is 423 g/mol. The second-order valence-corrected chi connectivity index (χ2v) is 10.4. The number of fused-ring (bicyclic) bond motifs is 1. The van der Waals surface area contributed by atoms with Crippen LogP contribution in [0.1, 0.15) is 62.8 Å². The predicted molar refractivity (Wildman–Crippen MR) is 136 cm³/mol. The third-order valence-electron chi connectivity index (χ3n) is 6.65. The van der Waals surface area contributed by atoms with Gasteiger partial charge in [0.1, 0.15) is 7.05 Å². The van der Waals surface area contributed by atoms with Crippen LogP contribution in [0.5, 0.6) is 0 Å².